The van der Waals surface area contributed by atoms with E-state index in [1.165, 1.54) is 36.2 Å². The van der Waals surface area contributed by atoms with E-state index in [2.05, 4.69) is 15.6 Å². The molecule has 0 aromatic heterocycles. The van der Waals surface area contributed by atoms with Gasteiger partial charge in [-0.25, -0.2) is 18.6 Å². The van der Waals surface area contributed by atoms with Crippen molar-refractivity contribution in [1.82, 2.24) is 5.32 Å². The third-order valence-corrected chi connectivity index (χ3v) is 5.26. The Morgan fingerprint density at radius 3 is 2.34 bits per heavy atom. The van der Waals surface area contributed by atoms with Gasteiger partial charge in [-0.3, -0.25) is 4.79 Å². The monoisotopic (exact) mass is 454 g/mol. The average molecular weight is 455 g/mol. The summed E-state index contributed by atoms with van der Waals surface area (Å²) >= 11 is 5.95. The second-order valence-electron chi connectivity index (χ2n) is 6.97. The lowest BCUT2D eigenvalue weighted by atomic mass is 10.00. The third kappa shape index (κ3) is 4.04. The smallest absolute Gasteiger partial charge is 0.311 e. The van der Waals surface area contributed by atoms with Crippen LogP contribution in [-0.4, -0.2) is 30.9 Å². The highest BCUT2D eigenvalue weighted by atomic mass is 35.5. The maximum atomic E-state index is 14.6. The molecule has 9 heteroatoms. The number of benzene rings is 3. The summed E-state index contributed by atoms with van der Waals surface area (Å²) in [5.74, 6) is -1.82. The molecule has 0 spiro atoms. The van der Waals surface area contributed by atoms with Crippen LogP contribution in [0.1, 0.15) is 11.1 Å². The molecule has 0 saturated carbocycles. The minimum atomic E-state index is -1.40. The number of hydrogen-bond acceptors (Lipinski definition) is 3. The zero-order chi connectivity index (χ0) is 22.8. The number of anilines is 2. The van der Waals surface area contributed by atoms with Gasteiger partial charge in [0, 0.05) is 18.2 Å². The Bertz CT molecular complexity index is 1230. The largest absolute Gasteiger partial charge is 0.321 e. The molecule has 32 heavy (non-hydrogen) atoms. The highest BCUT2D eigenvalue weighted by Crippen LogP contribution is 2.28. The maximum Gasteiger partial charge on any atom is 0.321 e. The van der Waals surface area contributed by atoms with Crippen LogP contribution in [0, 0.1) is 11.6 Å². The predicted molar refractivity (Wildman–Crippen MR) is 119 cm³/mol. The lowest BCUT2D eigenvalue weighted by Gasteiger charge is -2.21. The Hall–Kier alpha value is -3.78. The Kier molecular flexibility index (Phi) is 5.87. The average Bonchev–Trinajstić information content (AvgIpc) is 2.88. The first kappa shape index (κ1) is 21.5. The van der Waals surface area contributed by atoms with Gasteiger partial charge in [0.2, 0.25) is 6.17 Å². The van der Waals surface area contributed by atoms with Gasteiger partial charge in [0.15, 0.2) is 0 Å². The summed E-state index contributed by atoms with van der Waals surface area (Å²) in [6.07, 6.45) is -1.40. The van der Waals surface area contributed by atoms with Crippen LogP contribution in [0.2, 0.25) is 5.02 Å². The minimum absolute atomic E-state index is 0.00702. The molecule has 1 unspecified atom stereocenters. The fourth-order valence-corrected chi connectivity index (χ4v) is 3.59. The van der Waals surface area contributed by atoms with Crippen molar-refractivity contribution in [3.63, 3.8) is 0 Å². The number of nitrogens with one attached hydrogen (secondary N) is 2. The Labute approximate surface area is 187 Å². The van der Waals surface area contributed by atoms with Gasteiger partial charge in [-0.15, -0.1) is 0 Å². The molecule has 1 atom stereocenters. The number of carbonyl (C=O) groups is 2. The molecule has 0 radical (unpaired) electrons. The number of aliphatic imine (C=N–C) groups is 1. The molecule has 3 amide bonds. The number of hydrogen-bond donors (Lipinski definition) is 2. The van der Waals surface area contributed by atoms with Gasteiger partial charge < -0.3 is 15.5 Å². The summed E-state index contributed by atoms with van der Waals surface area (Å²) in [5.41, 5.74) is 1.16. The van der Waals surface area contributed by atoms with Gasteiger partial charge in [0.1, 0.15) is 11.6 Å². The number of carbonyl (C=O) groups excluding carboxylic acids is 2. The summed E-state index contributed by atoms with van der Waals surface area (Å²) in [6, 6.07) is 16.0. The number of halogens is 3. The lowest BCUT2D eigenvalue weighted by molar-refractivity contribution is -0.119. The van der Waals surface area contributed by atoms with E-state index in [4.69, 9.17) is 11.6 Å². The maximum absolute atomic E-state index is 14.6. The van der Waals surface area contributed by atoms with Crippen molar-refractivity contribution in [2.75, 3.05) is 17.3 Å². The van der Waals surface area contributed by atoms with Gasteiger partial charge in [-0.1, -0.05) is 48.0 Å². The molecule has 1 aliphatic heterocycles. The summed E-state index contributed by atoms with van der Waals surface area (Å²) in [7, 11) is 1.53. The molecule has 3 aromatic carbocycles. The number of fused-ring (bicyclic) bond motifs is 1. The van der Waals surface area contributed by atoms with Gasteiger partial charge in [-0.05, 0) is 30.3 Å². The molecule has 0 saturated heterocycles. The lowest BCUT2D eigenvalue weighted by Crippen LogP contribution is -2.47. The van der Waals surface area contributed by atoms with E-state index in [9.17, 15) is 18.4 Å². The fraction of sp³-hybridized carbons (Fsp3) is 0.0870. The van der Waals surface area contributed by atoms with Crippen LogP contribution in [0.4, 0.5) is 25.0 Å². The molecule has 6 nitrogen and oxygen atoms in total. The number of nitrogens with zero attached hydrogens (tertiary/aromatic N) is 2. The van der Waals surface area contributed by atoms with Crippen molar-refractivity contribution in [3.05, 3.63) is 94.5 Å². The van der Waals surface area contributed by atoms with E-state index in [1.54, 1.807) is 36.4 Å². The number of urea groups is 1. The molecule has 0 fully saturated rings. The third-order valence-electron chi connectivity index (χ3n) is 4.94. The highest BCUT2D eigenvalue weighted by Gasteiger charge is 2.31. The van der Waals surface area contributed by atoms with Gasteiger partial charge >= 0.3 is 6.03 Å². The summed E-state index contributed by atoms with van der Waals surface area (Å²) in [5, 5.41) is 4.71. The Morgan fingerprint density at radius 2 is 1.62 bits per heavy atom. The molecule has 1 aliphatic rings. The van der Waals surface area contributed by atoms with Gasteiger partial charge in [0.25, 0.3) is 5.91 Å². The number of likely N-dealkylation sites (N-methyl/N-ethyl adjacent to an activating group) is 1. The van der Waals surface area contributed by atoms with Crippen molar-refractivity contribution in [1.29, 1.82) is 0 Å². The van der Waals surface area contributed by atoms with Gasteiger partial charge in [-0.2, -0.15) is 0 Å². The standard InChI is InChI=1S/C23H17ClF2N4O2/c1-30-18-12-5-3-8-14(18)19(13-7-2-4-10-16(13)25)27-21(22(30)31)29-23(32)28-20-15(24)9-6-11-17(20)26/h2-12,21H,1H3,(H2,28,29,32). The van der Waals surface area contributed by atoms with Crippen LogP contribution in [-0.2, 0) is 4.79 Å². The SMILES string of the molecule is CN1C(=O)C(NC(=O)Nc2c(F)cccc2Cl)N=C(c2ccccc2F)c2ccccc21. The summed E-state index contributed by atoms with van der Waals surface area (Å²) in [4.78, 5) is 31.4. The zero-order valence-corrected chi connectivity index (χ0v) is 17.5. The molecule has 3 aromatic rings. The van der Waals surface area contributed by atoms with Crippen LogP contribution in [0.3, 0.4) is 0 Å². The topological polar surface area (TPSA) is 73.8 Å². The fourth-order valence-electron chi connectivity index (χ4n) is 3.38. The van der Waals surface area contributed by atoms with Crippen molar-refractivity contribution in [2.24, 2.45) is 4.99 Å². The van der Waals surface area contributed by atoms with Crippen molar-refractivity contribution in [3.8, 4) is 0 Å². The van der Waals surface area contributed by atoms with Crippen LogP contribution in [0.5, 0.6) is 0 Å². The molecule has 0 bridgehead atoms. The first-order valence-corrected chi connectivity index (χ1v) is 9.96. The normalized spacial score (nSPS) is 15.5. The summed E-state index contributed by atoms with van der Waals surface area (Å²) < 4.78 is 28.7. The predicted octanol–water partition coefficient (Wildman–Crippen LogP) is 4.58. The first-order valence-electron chi connectivity index (χ1n) is 9.58. The minimum Gasteiger partial charge on any atom is -0.311 e. The second kappa shape index (κ2) is 8.76. The molecular weight excluding hydrogens is 438 g/mol. The van der Waals surface area contributed by atoms with E-state index < -0.39 is 29.7 Å². The second-order valence-corrected chi connectivity index (χ2v) is 7.38. The van der Waals surface area contributed by atoms with Crippen molar-refractivity contribution >= 4 is 40.6 Å². The number of para-hydroxylation sites is 2. The highest BCUT2D eigenvalue weighted by molar-refractivity contribution is 6.33. The number of amides is 3. The quantitative estimate of drug-likeness (QED) is 0.608. The van der Waals surface area contributed by atoms with Crippen LogP contribution < -0.4 is 15.5 Å². The number of rotatable bonds is 3. The zero-order valence-electron chi connectivity index (χ0n) is 16.8. The van der Waals surface area contributed by atoms with E-state index in [0.717, 1.165) is 6.07 Å². The van der Waals surface area contributed by atoms with Crippen molar-refractivity contribution in [2.45, 2.75) is 6.17 Å². The van der Waals surface area contributed by atoms with Crippen LogP contribution in [0.15, 0.2) is 71.7 Å². The molecule has 4 rings (SSSR count). The molecule has 2 N–H and O–H groups in total. The van der Waals surface area contributed by atoms with Crippen LogP contribution >= 0.6 is 11.6 Å². The molecule has 0 aliphatic carbocycles. The molecular formula is C23H17ClF2N4O2. The number of benzodiazepines with no additional fused rings is 1. The Balaban J connectivity index is 1.73. The van der Waals surface area contributed by atoms with E-state index in [0.29, 0.717) is 11.3 Å². The summed E-state index contributed by atoms with van der Waals surface area (Å²) in [6.45, 7) is 0. The van der Waals surface area contributed by atoms with E-state index in [-0.39, 0.29) is 22.0 Å². The van der Waals surface area contributed by atoms with E-state index >= 15 is 0 Å². The molecule has 1 heterocycles. The first-order chi connectivity index (χ1) is 15.4. The van der Waals surface area contributed by atoms with E-state index in [1.807, 2.05) is 0 Å². The molecule has 162 valence electrons. The van der Waals surface area contributed by atoms with Gasteiger partial charge in [0.05, 0.1) is 22.1 Å². The Morgan fingerprint density at radius 1 is 0.969 bits per heavy atom. The van der Waals surface area contributed by atoms with Crippen LogP contribution in [0.25, 0.3) is 0 Å². The van der Waals surface area contributed by atoms with Crippen molar-refractivity contribution < 1.29 is 18.4 Å².